The van der Waals surface area contributed by atoms with Crippen LogP contribution in [-0.2, 0) is 22.6 Å². The van der Waals surface area contributed by atoms with Crippen molar-refractivity contribution in [3.63, 3.8) is 0 Å². The third-order valence-corrected chi connectivity index (χ3v) is 6.80. The molecule has 164 valence electrons. The fraction of sp³-hybridized carbons (Fsp3) is 0.462. The number of benzene rings is 2. The maximum atomic E-state index is 13.4. The normalized spacial score (nSPS) is 25.4. The van der Waals surface area contributed by atoms with E-state index in [4.69, 9.17) is 0 Å². The van der Waals surface area contributed by atoms with E-state index in [0.717, 1.165) is 31.5 Å². The van der Waals surface area contributed by atoms with Crippen LogP contribution in [0.15, 0.2) is 54.6 Å². The molecular formula is C26H33N3O2. The van der Waals surface area contributed by atoms with Gasteiger partial charge in [-0.1, -0.05) is 54.6 Å². The largest absolute Gasteiger partial charge is 0.354 e. The lowest BCUT2D eigenvalue weighted by Gasteiger charge is -2.46. The Morgan fingerprint density at radius 2 is 1.81 bits per heavy atom. The third-order valence-electron chi connectivity index (χ3n) is 6.80. The van der Waals surface area contributed by atoms with Crippen LogP contribution in [0.5, 0.6) is 0 Å². The average Bonchev–Trinajstić information content (AvgIpc) is 3.09. The molecule has 2 aromatic rings. The van der Waals surface area contributed by atoms with Crippen molar-refractivity contribution in [3.8, 4) is 0 Å². The van der Waals surface area contributed by atoms with Crippen molar-refractivity contribution in [2.45, 2.75) is 52.2 Å². The van der Waals surface area contributed by atoms with Gasteiger partial charge in [-0.15, -0.1) is 0 Å². The summed E-state index contributed by atoms with van der Waals surface area (Å²) in [6.07, 6.45) is 1.81. The van der Waals surface area contributed by atoms with Gasteiger partial charge in [-0.2, -0.15) is 0 Å². The highest BCUT2D eigenvalue weighted by molar-refractivity contribution is 5.81. The number of fused-ring (bicyclic) bond motifs is 1. The Morgan fingerprint density at radius 1 is 1.10 bits per heavy atom. The molecule has 0 saturated carbocycles. The van der Waals surface area contributed by atoms with E-state index >= 15 is 0 Å². The smallest absolute Gasteiger partial charge is 0.225 e. The minimum atomic E-state index is -0.326. The summed E-state index contributed by atoms with van der Waals surface area (Å²) >= 11 is 0. The minimum absolute atomic E-state index is 0.0504. The summed E-state index contributed by atoms with van der Waals surface area (Å²) in [5.74, 6) is -0.130. The number of likely N-dealkylation sites (tertiary alicyclic amines) is 1. The van der Waals surface area contributed by atoms with Gasteiger partial charge in [0.05, 0.1) is 12.0 Å². The number of hydrogen-bond donors (Lipinski definition) is 2. The van der Waals surface area contributed by atoms with E-state index in [2.05, 4.69) is 58.0 Å². The molecule has 2 N–H and O–H groups in total. The highest BCUT2D eigenvalue weighted by Crippen LogP contribution is 2.53. The molecule has 3 atom stereocenters. The van der Waals surface area contributed by atoms with Crippen LogP contribution in [0.3, 0.4) is 0 Å². The van der Waals surface area contributed by atoms with Crippen LogP contribution in [0.1, 0.15) is 49.9 Å². The summed E-state index contributed by atoms with van der Waals surface area (Å²) in [4.78, 5) is 28.1. The van der Waals surface area contributed by atoms with Gasteiger partial charge in [0, 0.05) is 38.0 Å². The van der Waals surface area contributed by atoms with Gasteiger partial charge in [0.25, 0.3) is 0 Å². The van der Waals surface area contributed by atoms with Crippen LogP contribution >= 0.6 is 0 Å². The number of aryl methyl sites for hydroxylation is 1. The van der Waals surface area contributed by atoms with Gasteiger partial charge in [-0.05, 0) is 43.4 Å². The standard InChI is InChI=1S/C26H33N3O2/c1-18(2)27-25(31)23-16-29(15-20-9-5-4-6-10-20)17-26(23)14-13-21-11-7-8-12-22(21)24(26)28-19(3)30/h4-12,18,23-24H,13-17H2,1-3H3,(H,27,31)(H,28,30). The van der Waals surface area contributed by atoms with Crippen LogP contribution < -0.4 is 10.6 Å². The van der Waals surface area contributed by atoms with Crippen molar-refractivity contribution < 1.29 is 9.59 Å². The van der Waals surface area contributed by atoms with E-state index in [-0.39, 0.29) is 35.2 Å². The van der Waals surface area contributed by atoms with Crippen molar-refractivity contribution in [3.05, 3.63) is 71.3 Å². The first kappa shape index (κ1) is 21.6. The zero-order chi connectivity index (χ0) is 22.0. The second-order valence-corrected chi connectivity index (χ2v) is 9.44. The molecule has 2 aromatic carbocycles. The number of hydrogen-bond acceptors (Lipinski definition) is 3. The molecule has 2 aliphatic rings. The predicted octanol–water partition coefficient (Wildman–Crippen LogP) is 3.45. The van der Waals surface area contributed by atoms with E-state index in [1.807, 2.05) is 26.0 Å². The molecule has 1 saturated heterocycles. The van der Waals surface area contributed by atoms with E-state index in [1.54, 1.807) is 6.92 Å². The SMILES string of the molecule is CC(=O)NC1c2ccccc2CCC12CN(Cc1ccccc1)CC2C(=O)NC(C)C. The molecule has 1 fully saturated rings. The van der Waals surface area contributed by atoms with Gasteiger partial charge in [0.15, 0.2) is 0 Å². The number of rotatable bonds is 5. The number of carbonyl (C=O) groups is 2. The van der Waals surface area contributed by atoms with Crippen molar-refractivity contribution >= 4 is 11.8 Å². The lowest BCUT2D eigenvalue weighted by atomic mass is 9.62. The van der Waals surface area contributed by atoms with Crippen molar-refractivity contribution in [2.75, 3.05) is 13.1 Å². The molecule has 1 aliphatic carbocycles. The summed E-state index contributed by atoms with van der Waals surface area (Å²) in [6, 6.07) is 18.7. The van der Waals surface area contributed by atoms with E-state index in [0.29, 0.717) is 6.54 Å². The summed E-state index contributed by atoms with van der Waals surface area (Å²) in [5, 5.41) is 6.41. The van der Waals surface area contributed by atoms with Crippen LogP contribution in [0.25, 0.3) is 0 Å². The molecular weight excluding hydrogens is 386 g/mol. The Kier molecular flexibility index (Phi) is 6.15. The maximum Gasteiger partial charge on any atom is 0.225 e. The van der Waals surface area contributed by atoms with E-state index < -0.39 is 0 Å². The quantitative estimate of drug-likeness (QED) is 0.780. The summed E-state index contributed by atoms with van der Waals surface area (Å²) in [7, 11) is 0. The van der Waals surface area contributed by atoms with Gasteiger partial charge in [-0.3, -0.25) is 14.5 Å². The lowest BCUT2D eigenvalue weighted by molar-refractivity contribution is -0.131. The molecule has 1 aliphatic heterocycles. The molecule has 0 aromatic heterocycles. The predicted molar refractivity (Wildman–Crippen MR) is 122 cm³/mol. The molecule has 5 nitrogen and oxygen atoms in total. The van der Waals surface area contributed by atoms with Gasteiger partial charge in [0.2, 0.25) is 11.8 Å². The van der Waals surface area contributed by atoms with Crippen LogP contribution in [0.2, 0.25) is 0 Å². The second kappa shape index (κ2) is 8.83. The Bertz CT molecular complexity index is 943. The zero-order valence-electron chi connectivity index (χ0n) is 18.7. The first-order chi connectivity index (χ1) is 14.9. The number of nitrogens with one attached hydrogen (secondary N) is 2. The highest BCUT2D eigenvalue weighted by atomic mass is 16.2. The first-order valence-electron chi connectivity index (χ1n) is 11.3. The summed E-state index contributed by atoms with van der Waals surface area (Å²) < 4.78 is 0. The van der Waals surface area contributed by atoms with E-state index in [9.17, 15) is 9.59 Å². The zero-order valence-corrected chi connectivity index (χ0v) is 18.7. The van der Waals surface area contributed by atoms with Crippen LogP contribution in [0, 0.1) is 11.3 Å². The topological polar surface area (TPSA) is 61.4 Å². The van der Waals surface area contributed by atoms with Crippen molar-refractivity contribution in [1.82, 2.24) is 15.5 Å². The van der Waals surface area contributed by atoms with Gasteiger partial charge < -0.3 is 10.6 Å². The Labute approximate surface area is 185 Å². The molecule has 31 heavy (non-hydrogen) atoms. The number of nitrogens with zero attached hydrogens (tertiary/aromatic N) is 1. The van der Waals surface area contributed by atoms with Gasteiger partial charge in [-0.25, -0.2) is 0 Å². The molecule has 5 heteroatoms. The third kappa shape index (κ3) is 4.38. The Morgan fingerprint density at radius 3 is 2.52 bits per heavy atom. The monoisotopic (exact) mass is 419 g/mol. The van der Waals surface area contributed by atoms with Crippen molar-refractivity contribution in [1.29, 1.82) is 0 Å². The molecule has 0 radical (unpaired) electrons. The number of amides is 2. The lowest BCUT2D eigenvalue weighted by Crippen LogP contribution is -2.52. The second-order valence-electron chi connectivity index (χ2n) is 9.44. The fourth-order valence-corrected chi connectivity index (χ4v) is 5.56. The molecule has 1 heterocycles. The van der Waals surface area contributed by atoms with Crippen LogP contribution in [-0.4, -0.2) is 35.8 Å². The molecule has 4 rings (SSSR count). The molecule has 1 spiro atoms. The maximum absolute atomic E-state index is 13.4. The van der Waals surface area contributed by atoms with Gasteiger partial charge >= 0.3 is 0 Å². The highest BCUT2D eigenvalue weighted by Gasteiger charge is 2.56. The molecule has 2 amide bonds. The van der Waals surface area contributed by atoms with Gasteiger partial charge in [0.1, 0.15) is 0 Å². The minimum Gasteiger partial charge on any atom is -0.354 e. The Balaban J connectivity index is 1.73. The average molecular weight is 420 g/mol. The number of carbonyl (C=O) groups excluding carboxylic acids is 2. The van der Waals surface area contributed by atoms with Crippen LogP contribution in [0.4, 0.5) is 0 Å². The van der Waals surface area contributed by atoms with E-state index in [1.165, 1.54) is 11.1 Å². The van der Waals surface area contributed by atoms with Crippen molar-refractivity contribution in [2.24, 2.45) is 11.3 Å². The fourth-order valence-electron chi connectivity index (χ4n) is 5.56. The summed E-state index contributed by atoms with van der Waals surface area (Å²) in [5.41, 5.74) is 3.35. The first-order valence-corrected chi connectivity index (χ1v) is 11.3. The summed E-state index contributed by atoms with van der Waals surface area (Å²) in [6.45, 7) is 7.88. The molecule has 0 bridgehead atoms. The molecule has 3 unspecified atom stereocenters. The Hall–Kier alpha value is -2.66.